The van der Waals surface area contributed by atoms with Gasteiger partial charge in [-0.15, -0.1) is 0 Å². The van der Waals surface area contributed by atoms with E-state index >= 15 is 0 Å². The number of rotatable bonds is 2. The predicted octanol–water partition coefficient (Wildman–Crippen LogP) is 1.05. The number of carboxylic acids is 1. The molecule has 70 valence electrons. The van der Waals surface area contributed by atoms with Gasteiger partial charge < -0.3 is 10.8 Å². The zero-order valence-corrected chi connectivity index (χ0v) is 6.50. The summed E-state index contributed by atoms with van der Waals surface area (Å²) in [5.41, 5.74) is 5.05. The standard InChI is InChI=1S/C8H7F2NO2/c9-5-1-4(2-6(10)3-5)7(11)8(12)13/h1-3,7H,11H2,(H,12,13). The van der Waals surface area contributed by atoms with E-state index in [1.807, 2.05) is 0 Å². The Labute approximate surface area is 72.8 Å². The number of hydrogen-bond donors (Lipinski definition) is 2. The van der Waals surface area contributed by atoms with Crippen molar-refractivity contribution in [1.29, 1.82) is 0 Å². The number of benzene rings is 1. The van der Waals surface area contributed by atoms with Crippen molar-refractivity contribution < 1.29 is 18.7 Å². The Morgan fingerprint density at radius 1 is 1.31 bits per heavy atom. The van der Waals surface area contributed by atoms with E-state index in [1.165, 1.54) is 0 Å². The summed E-state index contributed by atoms with van der Waals surface area (Å²) in [7, 11) is 0. The minimum absolute atomic E-state index is 0.0926. The second-order valence-electron chi connectivity index (χ2n) is 2.52. The summed E-state index contributed by atoms with van der Waals surface area (Å²) in [6, 6.07) is 1.03. The van der Waals surface area contributed by atoms with Crippen molar-refractivity contribution >= 4 is 5.97 Å². The predicted molar refractivity (Wildman–Crippen MR) is 40.9 cm³/mol. The monoisotopic (exact) mass is 187 g/mol. The molecule has 1 aromatic carbocycles. The van der Waals surface area contributed by atoms with Crippen LogP contribution < -0.4 is 5.73 Å². The third kappa shape index (κ3) is 2.22. The third-order valence-electron chi connectivity index (χ3n) is 1.51. The van der Waals surface area contributed by atoms with Crippen LogP contribution in [0.3, 0.4) is 0 Å². The summed E-state index contributed by atoms with van der Waals surface area (Å²) in [4.78, 5) is 10.4. The maximum Gasteiger partial charge on any atom is 0.325 e. The van der Waals surface area contributed by atoms with Gasteiger partial charge in [0.1, 0.15) is 17.7 Å². The molecule has 0 spiro atoms. The molecule has 3 nitrogen and oxygen atoms in total. The fourth-order valence-electron chi connectivity index (χ4n) is 0.897. The van der Waals surface area contributed by atoms with Crippen LogP contribution in [0, 0.1) is 11.6 Å². The SMILES string of the molecule is NC(C(=O)O)c1cc(F)cc(F)c1. The Bertz CT molecular complexity index is 321. The summed E-state index contributed by atoms with van der Waals surface area (Å²) in [5, 5.41) is 8.45. The van der Waals surface area contributed by atoms with Crippen LogP contribution in [0.1, 0.15) is 11.6 Å². The van der Waals surface area contributed by atoms with Crippen molar-refractivity contribution in [3.8, 4) is 0 Å². The molecule has 0 bridgehead atoms. The van der Waals surface area contributed by atoms with Crippen LogP contribution in [0.4, 0.5) is 8.78 Å². The molecule has 0 aliphatic carbocycles. The van der Waals surface area contributed by atoms with Crippen LogP contribution >= 0.6 is 0 Å². The van der Waals surface area contributed by atoms with Gasteiger partial charge in [0, 0.05) is 6.07 Å². The molecule has 1 rings (SSSR count). The molecule has 0 saturated heterocycles. The van der Waals surface area contributed by atoms with Gasteiger partial charge in [-0.1, -0.05) is 0 Å². The van der Waals surface area contributed by atoms with Crippen molar-refractivity contribution in [1.82, 2.24) is 0 Å². The Balaban J connectivity index is 3.07. The Hall–Kier alpha value is -1.49. The smallest absolute Gasteiger partial charge is 0.325 e. The highest BCUT2D eigenvalue weighted by Crippen LogP contribution is 2.14. The van der Waals surface area contributed by atoms with Crippen molar-refractivity contribution in [3.05, 3.63) is 35.4 Å². The molecule has 0 radical (unpaired) electrons. The highest BCUT2D eigenvalue weighted by Gasteiger charge is 2.15. The van der Waals surface area contributed by atoms with E-state index in [0.717, 1.165) is 12.1 Å². The summed E-state index contributed by atoms with van der Waals surface area (Å²) >= 11 is 0. The molecule has 0 aromatic heterocycles. The molecule has 0 amide bonds. The van der Waals surface area contributed by atoms with Crippen LogP contribution in [0.15, 0.2) is 18.2 Å². The fourth-order valence-corrected chi connectivity index (χ4v) is 0.897. The average Bonchev–Trinajstić information content (AvgIpc) is 2.01. The lowest BCUT2D eigenvalue weighted by molar-refractivity contribution is -0.138. The Kier molecular flexibility index (Phi) is 2.57. The quantitative estimate of drug-likeness (QED) is 0.727. The summed E-state index contributed by atoms with van der Waals surface area (Å²) in [6.07, 6.45) is 0. The summed E-state index contributed by atoms with van der Waals surface area (Å²) in [6.45, 7) is 0. The topological polar surface area (TPSA) is 63.3 Å². The second kappa shape index (κ2) is 3.49. The highest BCUT2D eigenvalue weighted by molar-refractivity contribution is 5.75. The van der Waals surface area contributed by atoms with Crippen molar-refractivity contribution in [2.75, 3.05) is 0 Å². The molecule has 1 unspecified atom stereocenters. The van der Waals surface area contributed by atoms with E-state index < -0.39 is 23.6 Å². The third-order valence-corrected chi connectivity index (χ3v) is 1.51. The molecule has 3 N–H and O–H groups in total. The lowest BCUT2D eigenvalue weighted by Crippen LogP contribution is -2.20. The molecular weight excluding hydrogens is 180 g/mol. The number of nitrogens with two attached hydrogens (primary N) is 1. The van der Waals surface area contributed by atoms with E-state index in [1.54, 1.807) is 0 Å². The number of hydrogen-bond acceptors (Lipinski definition) is 2. The van der Waals surface area contributed by atoms with Gasteiger partial charge in [-0.05, 0) is 17.7 Å². The molecular formula is C8H7F2NO2. The first-order valence-corrected chi connectivity index (χ1v) is 3.45. The summed E-state index contributed by atoms with van der Waals surface area (Å²) < 4.78 is 25.1. The van der Waals surface area contributed by atoms with E-state index in [9.17, 15) is 13.6 Å². The van der Waals surface area contributed by atoms with Crippen LogP contribution in [-0.4, -0.2) is 11.1 Å². The lowest BCUT2D eigenvalue weighted by Gasteiger charge is -2.06. The number of carbonyl (C=O) groups is 1. The maximum atomic E-state index is 12.6. The lowest BCUT2D eigenvalue weighted by atomic mass is 10.1. The fraction of sp³-hybridized carbons (Fsp3) is 0.125. The molecule has 13 heavy (non-hydrogen) atoms. The van der Waals surface area contributed by atoms with Gasteiger partial charge in [0.2, 0.25) is 0 Å². The van der Waals surface area contributed by atoms with Gasteiger partial charge >= 0.3 is 5.97 Å². The molecule has 0 aliphatic heterocycles. The van der Waals surface area contributed by atoms with E-state index in [0.29, 0.717) is 6.07 Å². The van der Waals surface area contributed by atoms with Crippen molar-refractivity contribution in [2.45, 2.75) is 6.04 Å². The number of halogens is 2. The summed E-state index contributed by atoms with van der Waals surface area (Å²) in [5.74, 6) is -3.01. The van der Waals surface area contributed by atoms with Gasteiger partial charge in [0.25, 0.3) is 0 Å². The van der Waals surface area contributed by atoms with Crippen molar-refractivity contribution in [3.63, 3.8) is 0 Å². The van der Waals surface area contributed by atoms with E-state index in [-0.39, 0.29) is 5.56 Å². The van der Waals surface area contributed by atoms with E-state index in [4.69, 9.17) is 10.8 Å². The molecule has 0 aliphatic rings. The van der Waals surface area contributed by atoms with Gasteiger partial charge in [0.15, 0.2) is 0 Å². The molecule has 0 heterocycles. The van der Waals surface area contributed by atoms with Crippen LogP contribution in [0.5, 0.6) is 0 Å². The van der Waals surface area contributed by atoms with Crippen LogP contribution in [0.25, 0.3) is 0 Å². The van der Waals surface area contributed by atoms with Gasteiger partial charge in [0.05, 0.1) is 0 Å². The number of carboxylic acid groups (broad SMARTS) is 1. The highest BCUT2D eigenvalue weighted by atomic mass is 19.1. The molecule has 1 aromatic rings. The van der Waals surface area contributed by atoms with Gasteiger partial charge in [-0.2, -0.15) is 0 Å². The largest absolute Gasteiger partial charge is 0.480 e. The maximum absolute atomic E-state index is 12.6. The first-order chi connectivity index (χ1) is 6.00. The van der Waals surface area contributed by atoms with Crippen LogP contribution in [-0.2, 0) is 4.79 Å². The molecule has 0 fully saturated rings. The first kappa shape index (κ1) is 9.60. The average molecular weight is 187 g/mol. The second-order valence-corrected chi connectivity index (χ2v) is 2.52. The van der Waals surface area contributed by atoms with E-state index in [2.05, 4.69) is 0 Å². The minimum Gasteiger partial charge on any atom is -0.480 e. The van der Waals surface area contributed by atoms with Crippen molar-refractivity contribution in [2.24, 2.45) is 5.73 Å². The first-order valence-electron chi connectivity index (χ1n) is 3.45. The molecule has 1 atom stereocenters. The Morgan fingerprint density at radius 2 is 1.77 bits per heavy atom. The minimum atomic E-state index is -1.40. The van der Waals surface area contributed by atoms with Crippen LogP contribution in [0.2, 0.25) is 0 Å². The normalized spacial score (nSPS) is 12.5. The molecule has 0 saturated carbocycles. The molecule has 5 heteroatoms. The number of aliphatic carboxylic acids is 1. The Morgan fingerprint density at radius 3 is 2.15 bits per heavy atom. The van der Waals surface area contributed by atoms with Gasteiger partial charge in [-0.25, -0.2) is 8.78 Å². The van der Waals surface area contributed by atoms with Gasteiger partial charge in [-0.3, -0.25) is 4.79 Å². The zero-order valence-electron chi connectivity index (χ0n) is 6.50. The zero-order chi connectivity index (χ0) is 10.0.